The molecule has 0 aromatic rings. The van der Waals surface area contributed by atoms with E-state index in [1.807, 2.05) is 6.08 Å². The monoisotopic (exact) mass is 374 g/mol. The lowest BCUT2D eigenvalue weighted by atomic mass is 9.46. The summed E-state index contributed by atoms with van der Waals surface area (Å²) in [7, 11) is 0. The van der Waals surface area contributed by atoms with Crippen LogP contribution in [-0.2, 0) is 14.4 Å². The largest absolute Gasteiger partial charge is 0.481 e. The van der Waals surface area contributed by atoms with Crippen LogP contribution >= 0.6 is 0 Å². The van der Waals surface area contributed by atoms with Gasteiger partial charge in [-0.3, -0.25) is 14.4 Å². The van der Waals surface area contributed by atoms with Crippen LogP contribution in [0.5, 0.6) is 0 Å². The molecule has 5 nitrogen and oxygen atoms in total. The quantitative estimate of drug-likeness (QED) is 0.741. The van der Waals surface area contributed by atoms with Gasteiger partial charge in [-0.1, -0.05) is 19.4 Å². The molecular weight excluding hydrogens is 344 g/mol. The fourth-order valence-electron chi connectivity index (χ4n) is 7.49. The van der Waals surface area contributed by atoms with Crippen molar-refractivity contribution in [3.63, 3.8) is 0 Å². The lowest BCUT2D eigenvalue weighted by Gasteiger charge is -2.59. The molecule has 4 rings (SSSR count). The molecule has 0 heterocycles. The zero-order valence-corrected chi connectivity index (χ0v) is 16.2. The molecule has 0 aliphatic heterocycles. The molecule has 0 spiro atoms. The number of fused-ring (bicyclic) bond motifs is 5. The van der Waals surface area contributed by atoms with Crippen molar-refractivity contribution in [3.05, 3.63) is 11.6 Å². The number of aliphatic hydroxyl groups excluding tert-OH is 1. The van der Waals surface area contributed by atoms with Crippen LogP contribution in [0.15, 0.2) is 11.6 Å². The van der Waals surface area contributed by atoms with Crippen molar-refractivity contribution in [2.45, 2.75) is 71.3 Å². The van der Waals surface area contributed by atoms with Crippen LogP contribution in [-0.4, -0.2) is 33.9 Å². The Morgan fingerprint density at radius 1 is 1.19 bits per heavy atom. The van der Waals surface area contributed by atoms with Crippen LogP contribution in [0.2, 0.25) is 0 Å². The third-order valence-electron chi connectivity index (χ3n) is 8.61. The Bertz CT molecular complexity index is 724. The Hall–Kier alpha value is -1.49. The smallest absolute Gasteiger partial charge is 0.310 e. The molecule has 0 aromatic carbocycles. The number of carboxylic acids is 1. The number of Topliss-reactive ketones (excluding diaryl/α,β-unsaturated/α-hetero) is 1. The first kappa shape index (κ1) is 18.9. The Morgan fingerprint density at radius 3 is 2.63 bits per heavy atom. The van der Waals surface area contributed by atoms with Crippen LogP contribution in [0.1, 0.15) is 65.2 Å². The molecule has 0 aromatic heterocycles. The molecule has 7 atom stereocenters. The molecule has 27 heavy (non-hydrogen) atoms. The van der Waals surface area contributed by atoms with E-state index in [-0.39, 0.29) is 34.2 Å². The molecule has 0 saturated heterocycles. The van der Waals surface area contributed by atoms with Crippen LogP contribution in [0.4, 0.5) is 0 Å². The van der Waals surface area contributed by atoms with Crippen LogP contribution in [0.25, 0.3) is 0 Å². The van der Waals surface area contributed by atoms with Gasteiger partial charge in [-0.25, -0.2) is 0 Å². The lowest BCUT2D eigenvalue weighted by Crippen LogP contribution is -2.57. The van der Waals surface area contributed by atoms with Gasteiger partial charge in [-0.05, 0) is 73.2 Å². The summed E-state index contributed by atoms with van der Waals surface area (Å²) < 4.78 is 0. The standard InChI is InChI=1S/C22H30O5/c1-21-8-7-13(23)9-12(21)3-4-14-15-5-6-16(17(24)10-19(26)27)22(15,2)11-18(25)20(14)21/h9,14-16,18,20,25H,3-8,10-11H2,1-2H3,(H,26,27)/t14-,15-,16+,18-,20+,21-,22-/m0/s1. The summed E-state index contributed by atoms with van der Waals surface area (Å²) in [5.74, 6) is -0.460. The maximum Gasteiger partial charge on any atom is 0.310 e. The molecule has 148 valence electrons. The Balaban J connectivity index is 1.65. The van der Waals surface area contributed by atoms with Gasteiger partial charge in [0.25, 0.3) is 0 Å². The van der Waals surface area contributed by atoms with E-state index in [0.717, 1.165) is 32.1 Å². The first-order chi connectivity index (χ1) is 12.7. The number of rotatable bonds is 3. The molecule has 3 fully saturated rings. The predicted molar refractivity (Wildman–Crippen MR) is 98.8 cm³/mol. The maximum absolute atomic E-state index is 12.6. The molecule has 4 aliphatic carbocycles. The maximum atomic E-state index is 12.6. The van der Waals surface area contributed by atoms with Crippen LogP contribution in [0, 0.1) is 34.5 Å². The van der Waals surface area contributed by atoms with Gasteiger partial charge in [-0.2, -0.15) is 0 Å². The SMILES string of the molecule is C[C@]12C[C@H](O)[C@H]3[C@@H](CCC4=CC(=O)CC[C@@]43C)[C@@H]1CC[C@@H]2C(=O)CC(=O)O. The number of allylic oxidation sites excluding steroid dienone is 1. The number of aliphatic hydroxyl groups is 1. The second-order valence-corrected chi connectivity index (χ2v) is 9.83. The first-order valence-corrected chi connectivity index (χ1v) is 10.3. The fourth-order valence-corrected chi connectivity index (χ4v) is 7.49. The Labute approximate surface area is 160 Å². The number of hydrogen-bond donors (Lipinski definition) is 2. The van der Waals surface area contributed by atoms with E-state index in [0.29, 0.717) is 24.7 Å². The average Bonchev–Trinajstić information content (AvgIpc) is 2.91. The highest BCUT2D eigenvalue weighted by atomic mass is 16.4. The zero-order valence-electron chi connectivity index (χ0n) is 16.2. The summed E-state index contributed by atoms with van der Waals surface area (Å²) in [5, 5.41) is 20.3. The average molecular weight is 374 g/mol. The molecule has 4 aliphatic rings. The van der Waals surface area contributed by atoms with Crippen LogP contribution in [0.3, 0.4) is 0 Å². The molecule has 5 heteroatoms. The van der Waals surface area contributed by atoms with Gasteiger partial charge < -0.3 is 10.2 Å². The van der Waals surface area contributed by atoms with Gasteiger partial charge in [0.2, 0.25) is 0 Å². The van der Waals surface area contributed by atoms with Crippen molar-refractivity contribution < 1.29 is 24.6 Å². The predicted octanol–water partition coefficient (Wildman–Crippen LogP) is 3.15. The van der Waals surface area contributed by atoms with E-state index >= 15 is 0 Å². The number of carbonyl (C=O) groups excluding carboxylic acids is 2. The molecule has 0 amide bonds. The molecule has 0 bridgehead atoms. The summed E-state index contributed by atoms with van der Waals surface area (Å²) in [4.78, 5) is 35.6. The van der Waals surface area contributed by atoms with Crippen molar-refractivity contribution in [3.8, 4) is 0 Å². The Kier molecular flexibility index (Phi) is 4.37. The number of aliphatic carboxylic acids is 1. The number of ketones is 2. The van der Waals surface area contributed by atoms with E-state index in [1.165, 1.54) is 5.57 Å². The third kappa shape index (κ3) is 2.72. The summed E-state index contributed by atoms with van der Waals surface area (Å²) in [6.07, 6.45) is 6.36. The minimum absolute atomic E-state index is 0.124. The van der Waals surface area contributed by atoms with Crippen molar-refractivity contribution in [2.24, 2.45) is 34.5 Å². The molecule has 2 N–H and O–H groups in total. The fraction of sp³-hybridized carbons (Fsp3) is 0.773. The minimum Gasteiger partial charge on any atom is -0.481 e. The lowest BCUT2D eigenvalue weighted by molar-refractivity contribution is -0.149. The highest BCUT2D eigenvalue weighted by Gasteiger charge is 2.62. The number of hydrogen-bond acceptors (Lipinski definition) is 4. The second-order valence-electron chi connectivity index (χ2n) is 9.83. The van der Waals surface area contributed by atoms with Gasteiger partial charge in [0.05, 0.1) is 6.10 Å². The van der Waals surface area contributed by atoms with E-state index in [2.05, 4.69) is 13.8 Å². The third-order valence-corrected chi connectivity index (χ3v) is 8.61. The topological polar surface area (TPSA) is 91.7 Å². The van der Waals surface area contributed by atoms with Crippen molar-refractivity contribution >= 4 is 17.5 Å². The van der Waals surface area contributed by atoms with Crippen molar-refractivity contribution in [1.29, 1.82) is 0 Å². The van der Waals surface area contributed by atoms with E-state index < -0.39 is 18.5 Å². The number of carboxylic acid groups (broad SMARTS) is 1. The van der Waals surface area contributed by atoms with Gasteiger partial charge in [0, 0.05) is 12.3 Å². The molecule has 0 radical (unpaired) electrons. The summed E-state index contributed by atoms with van der Waals surface area (Å²) >= 11 is 0. The highest BCUT2D eigenvalue weighted by molar-refractivity contribution is 5.96. The summed E-state index contributed by atoms with van der Waals surface area (Å²) in [6.45, 7) is 4.32. The van der Waals surface area contributed by atoms with E-state index in [1.54, 1.807) is 0 Å². The first-order valence-electron chi connectivity index (χ1n) is 10.3. The molecule has 3 saturated carbocycles. The zero-order chi connectivity index (χ0) is 19.6. The van der Waals surface area contributed by atoms with Gasteiger partial charge in [0.1, 0.15) is 12.2 Å². The highest BCUT2D eigenvalue weighted by Crippen LogP contribution is 2.66. The molecule has 0 unspecified atom stereocenters. The Morgan fingerprint density at radius 2 is 1.93 bits per heavy atom. The van der Waals surface area contributed by atoms with Crippen LogP contribution < -0.4 is 0 Å². The van der Waals surface area contributed by atoms with Crippen molar-refractivity contribution in [1.82, 2.24) is 0 Å². The van der Waals surface area contributed by atoms with Gasteiger partial charge >= 0.3 is 5.97 Å². The van der Waals surface area contributed by atoms with Crippen molar-refractivity contribution in [2.75, 3.05) is 0 Å². The van der Waals surface area contributed by atoms with Gasteiger partial charge in [0.15, 0.2) is 5.78 Å². The van der Waals surface area contributed by atoms with Gasteiger partial charge in [-0.15, -0.1) is 0 Å². The van der Waals surface area contributed by atoms with E-state index in [9.17, 15) is 19.5 Å². The molecular formula is C22H30O5. The number of carbonyl (C=O) groups is 3. The minimum atomic E-state index is -1.06. The summed E-state index contributed by atoms with van der Waals surface area (Å²) in [5.41, 5.74) is 0.773. The normalized spacial score (nSPS) is 46.1. The summed E-state index contributed by atoms with van der Waals surface area (Å²) in [6, 6.07) is 0. The van der Waals surface area contributed by atoms with E-state index in [4.69, 9.17) is 5.11 Å². The second kappa shape index (κ2) is 6.26.